The summed E-state index contributed by atoms with van der Waals surface area (Å²) in [7, 11) is 0. The van der Waals surface area contributed by atoms with E-state index in [-0.39, 0.29) is 21.7 Å². The van der Waals surface area contributed by atoms with Crippen molar-refractivity contribution >= 4 is 0 Å². The van der Waals surface area contributed by atoms with Gasteiger partial charge in [-0.15, -0.1) is 0 Å². The van der Waals surface area contributed by atoms with Gasteiger partial charge in [-0.05, 0) is 345 Å². The topological polar surface area (TPSA) is 9.23 Å². The van der Waals surface area contributed by atoms with Gasteiger partial charge < -0.3 is 4.74 Å². The van der Waals surface area contributed by atoms with Gasteiger partial charge in [-0.25, -0.2) is 0 Å². The van der Waals surface area contributed by atoms with Gasteiger partial charge in [-0.1, -0.05) is 408 Å². The summed E-state index contributed by atoms with van der Waals surface area (Å²) in [6.07, 6.45) is 32.1. The highest BCUT2D eigenvalue weighted by atomic mass is 16.5. The SMILES string of the molecule is CCC12COC3(CC)c4cc(-c5ccc6c(c5)-c5ccccc5C6(CCCC(C)C)CCCC(C)C)ccc4-c4ccc(cc43)-c3ccc4c(c3)-c3ccccc3C4(CCCC(C)C)CCCC(C)CC(C)CCCC3(CCCC(C)C)c4ccccc4-c4cc(ccc43)-c3ccc(c1c3)-c1ccc(-c3ccc4c(c3)-c3ccccc3C4(CCCC(C)C)CCCC(C)C)cc12. The van der Waals surface area contributed by atoms with Crippen LogP contribution in [0.4, 0.5) is 0 Å². The molecule has 0 saturated carbocycles. The van der Waals surface area contributed by atoms with E-state index in [1.165, 1.54) is 305 Å². The van der Waals surface area contributed by atoms with Crippen molar-refractivity contribution in [2.75, 3.05) is 6.61 Å². The second-order valence-corrected chi connectivity index (χ2v) is 45.4. The number of ether oxygens (including phenoxy) is 1. The summed E-state index contributed by atoms with van der Waals surface area (Å²) in [4.78, 5) is 0. The van der Waals surface area contributed by atoms with E-state index >= 15 is 0 Å². The van der Waals surface area contributed by atoms with Crippen molar-refractivity contribution in [1.29, 1.82) is 0 Å². The third-order valence-electron chi connectivity index (χ3n) is 34.3. The Morgan fingerprint density at radius 1 is 0.252 bits per heavy atom. The molecule has 0 spiro atoms. The van der Waals surface area contributed by atoms with Crippen LogP contribution >= 0.6 is 0 Å². The molecular formula is C130H152O. The van der Waals surface area contributed by atoms with Crippen molar-refractivity contribution < 1.29 is 4.74 Å². The number of hydrogen-bond donors (Lipinski definition) is 0. The quantitative estimate of drug-likeness (QED) is 0.0475. The zero-order chi connectivity index (χ0) is 90.9. The summed E-state index contributed by atoms with van der Waals surface area (Å²) < 4.78 is 8.80. The molecule has 12 bridgehead atoms. The third-order valence-corrected chi connectivity index (χ3v) is 34.3. The smallest absolute Gasteiger partial charge is 0.119 e. The Morgan fingerprint density at radius 3 is 0.832 bits per heavy atom. The first-order valence-corrected chi connectivity index (χ1v) is 52.7. The summed E-state index contributed by atoms with van der Waals surface area (Å²) in [5, 5.41) is 0. The molecule has 6 unspecified atom stereocenters. The molecule has 1 nitrogen and oxygen atoms in total. The minimum atomic E-state index is -0.840. The van der Waals surface area contributed by atoms with Crippen LogP contribution in [0.1, 0.15) is 351 Å². The summed E-state index contributed by atoms with van der Waals surface area (Å²) in [6.45, 7) is 39.6. The van der Waals surface area contributed by atoms with Gasteiger partial charge in [-0.2, -0.15) is 0 Å². The number of rotatable bonds is 28. The largest absolute Gasteiger partial charge is 0.364 e. The lowest BCUT2D eigenvalue weighted by atomic mass is 9.69. The first-order valence-electron chi connectivity index (χ1n) is 52.7. The van der Waals surface area contributed by atoms with Crippen molar-refractivity contribution in [3.05, 3.63) is 309 Å². The molecular weight excluding hydrogens is 1580 g/mol. The molecule has 4 heterocycles. The summed E-state index contributed by atoms with van der Waals surface area (Å²) in [6, 6.07) is 100. The maximum absolute atomic E-state index is 8.80. The molecule has 0 saturated heterocycles. The Bertz CT molecular complexity index is 5760. The van der Waals surface area contributed by atoms with Crippen LogP contribution in [0.25, 0.3) is 111 Å². The van der Waals surface area contributed by atoms with Crippen molar-refractivity contribution in [2.24, 2.45) is 47.3 Å². The number of benzene rings is 12. The standard InChI is InChI=1S/C130H152O/c1-17-125-84-131-130(18-2)123-82-99(95-57-65-118-111(78-95)102-44-20-24-48-114(102)127(118,69-29-37-87(7)8)70-30-38-88(9)10)53-61-107(123)108-62-54-100(83-124(108)130)96-58-66-120-112(79-96)104-46-22-26-50-116(104)129(120,72-32-40-90(13)14)74-34-42-92(16)75-91(15)41-33-73-128(71-31-39-89(11)12)115-49-25-21-45-103(115)110-77-94(56-64-119(110)128)98-52-60-106(122(125)81-98)105-59-51-97(80-121(105)125)93-55-63-117-109(76-93)101-43-19-23-47-113(101)126(117,67-27-35-85(3)4)68-28-36-86(5)6/h19-26,43-66,76-83,85-92H,17-18,27-42,67-75,84H2,1-16H3. The van der Waals surface area contributed by atoms with Crippen LogP contribution in [0, 0.1) is 47.3 Å². The molecule has 131 heavy (non-hydrogen) atoms. The van der Waals surface area contributed by atoms with Gasteiger partial charge in [0.15, 0.2) is 0 Å². The lowest BCUT2D eigenvalue weighted by molar-refractivity contribution is -0.0381. The van der Waals surface area contributed by atoms with Gasteiger partial charge in [0.1, 0.15) is 5.60 Å². The Hall–Kier alpha value is -9.40. The lowest BCUT2D eigenvalue weighted by Crippen LogP contribution is -2.37. The number of hydrogen-bond acceptors (Lipinski definition) is 1. The molecule has 6 aliphatic carbocycles. The molecule has 12 aromatic carbocycles. The highest BCUT2D eigenvalue weighted by Crippen LogP contribution is 2.64. The van der Waals surface area contributed by atoms with E-state index in [2.05, 4.69) is 353 Å². The molecule has 12 aromatic rings. The van der Waals surface area contributed by atoms with Crippen LogP contribution < -0.4 is 0 Å². The minimum Gasteiger partial charge on any atom is -0.364 e. The van der Waals surface area contributed by atoms with Crippen LogP contribution in [0.5, 0.6) is 0 Å². The monoisotopic (exact) mass is 1730 g/mol. The first kappa shape index (κ1) is 90.8. The molecule has 0 fully saturated rings. The maximum Gasteiger partial charge on any atom is 0.119 e. The third kappa shape index (κ3) is 16.2. The van der Waals surface area contributed by atoms with E-state index in [1.807, 2.05) is 0 Å². The lowest BCUT2D eigenvalue weighted by Gasteiger charge is -2.38. The Kier molecular flexibility index (Phi) is 25.7. The van der Waals surface area contributed by atoms with E-state index in [0.29, 0.717) is 54.0 Å². The molecule has 678 valence electrons. The summed E-state index contributed by atoms with van der Waals surface area (Å²) in [5.74, 6) is 5.31. The van der Waals surface area contributed by atoms with E-state index in [4.69, 9.17) is 4.74 Å². The number of fused-ring (bicyclic) bond motifs is 12. The van der Waals surface area contributed by atoms with Gasteiger partial charge in [0.05, 0.1) is 6.61 Å². The van der Waals surface area contributed by atoms with Crippen LogP contribution in [0.2, 0.25) is 0 Å². The predicted octanol–water partition coefficient (Wildman–Crippen LogP) is 37.4. The molecule has 1 heteroatoms. The minimum absolute atomic E-state index is 0.0117. The fourth-order valence-corrected chi connectivity index (χ4v) is 27.6. The van der Waals surface area contributed by atoms with Gasteiger partial charge >= 0.3 is 0 Å². The van der Waals surface area contributed by atoms with Crippen LogP contribution in [-0.4, -0.2) is 6.61 Å². The van der Waals surface area contributed by atoms with Crippen LogP contribution in [-0.2, 0) is 37.4 Å². The van der Waals surface area contributed by atoms with E-state index in [1.54, 1.807) is 33.4 Å². The second-order valence-electron chi connectivity index (χ2n) is 45.4. The molecule has 0 amide bonds. The molecule has 6 atom stereocenters. The van der Waals surface area contributed by atoms with Gasteiger partial charge in [0.2, 0.25) is 0 Å². The van der Waals surface area contributed by atoms with Crippen molar-refractivity contribution in [3.8, 4) is 111 Å². The Morgan fingerprint density at radius 2 is 0.504 bits per heavy atom. The van der Waals surface area contributed by atoms with E-state index in [0.717, 1.165) is 12.8 Å². The Labute approximate surface area is 790 Å². The van der Waals surface area contributed by atoms with Crippen molar-refractivity contribution in [1.82, 2.24) is 0 Å². The van der Waals surface area contributed by atoms with Crippen molar-refractivity contribution in [2.45, 2.75) is 317 Å². The summed E-state index contributed by atoms with van der Waals surface area (Å²) in [5.41, 5.74) is 43.1. The average Bonchev–Trinajstić information content (AvgIpc) is 1.54. The predicted molar refractivity (Wildman–Crippen MR) is 561 cm³/mol. The van der Waals surface area contributed by atoms with E-state index < -0.39 is 11.0 Å². The van der Waals surface area contributed by atoms with Gasteiger partial charge in [0, 0.05) is 27.1 Å². The molecule has 10 aliphatic rings. The fourth-order valence-electron chi connectivity index (χ4n) is 27.6. The van der Waals surface area contributed by atoms with Gasteiger partial charge in [0.25, 0.3) is 0 Å². The zero-order valence-corrected chi connectivity index (χ0v) is 82.9. The fraction of sp³-hybridized carbons (Fsp3) is 0.446. The molecule has 22 rings (SSSR count). The zero-order valence-electron chi connectivity index (χ0n) is 82.9. The van der Waals surface area contributed by atoms with Gasteiger partial charge in [-0.3, -0.25) is 0 Å². The Balaban J connectivity index is 0.802. The summed E-state index contributed by atoms with van der Waals surface area (Å²) >= 11 is 0. The van der Waals surface area contributed by atoms with E-state index in [9.17, 15) is 0 Å². The van der Waals surface area contributed by atoms with Crippen LogP contribution in [0.15, 0.2) is 243 Å². The highest BCUT2D eigenvalue weighted by molar-refractivity contribution is 5.94. The second kappa shape index (κ2) is 37.1. The average molecular weight is 1730 g/mol. The van der Waals surface area contributed by atoms with Crippen LogP contribution in [0.3, 0.4) is 0 Å². The molecule has 0 N–H and O–H groups in total. The maximum atomic E-state index is 8.80. The van der Waals surface area contributed by atoms with Crippen molar-refractivity contribution in [3.63, 3.8) is 0 Å². The molecule has 0 radical (unpaired) electrons. The highest BCUT2D eigenvalue weighted by Gasteiger charge is 2.52. The molecule has 4 aliphatic heterocycles. The normalized spacial score (nSPS) is 20.9. The first-order chi connectivity index (χ1) is 63.4. The molecule has 0 aromatic heterocycles.